The average Bonchev–Trinajstić information content (AvgIpc) is 2.78. The van der Waals surface area contributed by atoms with Gasteiger partial charge in [-0.15, -0.1) is 0 Å². The summed E-state index contributed by atoms with van der Waals surface area (Å²) in [5.74, 6) is 0.607. The average molecular weight is 219 g/mol. The lowest BCUT2D eigenvalue weighted by Crippen LogP contribution is -2.19. The van der Waals surface area contributed by atoms with Gasteiger partial charge in [0.15, 0.2) is 0 Å². The number of rotatable bonds is 4. The van der Waals surface area contributed by atoms with Crippen LogP contribution >= 0.6 is 0 Å². The zero-order chi connectivity index (χ0) is 11.4. The molecule has 0 saturated carbocycles. The first kappa shape index (κ1) is 11.1. The highest BCUT2D eigenvalue weighted by Crippen LogP contribution is 2.25. The summed E-state index contributed by atoms with van der Waals surface area (Å²) < 4.78 is 0. The molecule has 3 heteroatoms. The number of aliphatic hydroxyl groups is 1. The van der Waals surface area contributed by atoms with Crippen LogP contribution in [0.1, 0.15) is 23.2 Å². The minimum atomic E-state index is 0.280. The van der Waals surface area contributed by atoms with Gasteiger partial charge in [0, 0.05) is 30.9 Å². The Kier molecular flexibility index (Phi) is 3.57. The molecule has 1 unspecified atom stereocenters. The number of nitrogens with zero attached hydrogens (tertiary/aromatic N) is 1. The van der Waals surface area contributed by atoms with E-state index in [0.29, 0.717) is 5.92 Å². The van der Waals surface area contributed by atoms with Gasteiger partial charge in [-0.3, -0.25) is 4.79 Å². The smallest absolute Gasteiger partial charge is 0.150 e. The SMILES string of the molecule is O=Cc1ccc(N2CCC(CCO)C2)cc1. The van der Waals surface area contributed by atoms with Gasteiger partial charge >= 0.3 is 0 Å². The van der Waals surface area contributed by atoms with Gasteiger partial charge in [0.05, 0.1) is 0 Å². The van der Waals surface area contributed by atoms with Gasteiger partial charge in [-0.1, -0.05) is 0 Å². The van der Waals surface area contributed by atoms with E-state index in [-0.39, 0.29) is 6.61 Å². The Morgan fingerprint density at radius 2 is 2.12 bits per heavy atom. The third kappa shape index (κ3) is 2.42. The first-order valence-corrected chi connectivity index (χ1v) is 5.74. The highest BCUT2D eigenvalue weighted by Gasteiger charge is 2.21. The Morgan fingerprint density at radius 3 is 2.75 bits per heavy atom. The fourth-order valence-corrected chi connectivity index (χ4v) is 2.25. The van der Waals surface area contributed by atoms with Gasteiger partial charge in [-0.2, -0.15) is 0 Å². The van der Waals surface area contributed by atoms with Gasteiger partial charge in [0.25, 0.3) is 0 Å². The Hall–Kier alpha value is -1.35. The second-order valence-electron chi connectivity index (χ2n) is 4.32. The molecule has 1 saturated heterocycles. The Bertz CT molecular complexity index is 347. The maximum Gasteiger partial charge on any atom is 0.150 e. The van der Waals surface area contributed by atoms with E-state index in [1.54, 1.807) is 0 Å². The zero-order valence-corrected chi connectivity index (χ0v) is 9.30. The van der Waals surface area contributed by atoms with Crippen molar-refractivity contribution < 1.29 is 9.90 Å². The fourth-order valence-electron chi connectivity index (χ4n) is 2.25. The first-order chi connectivity index (χ1) is 7.83. The molecule has 1 aromatic rings. The molecule has 0 radical (unpaired) electrons. The van der Waals surface area contributed by atoms with Crippen molar-refractivity contribution in [3.63, 3.8) is 0 Å². The molecule has 16 heavy (non-hydrogen) atoms. The van der Waals surface area contributed by atoms with E-state index in [2.05, 4.69) is 4.90 Å². The van der Waals surface area contributed by atoms with Crippen molar-refractivity contribution >= 4 is 12.0 Å². The van der Waals surface area contributed by atoms with E-state index >= 15 is 0 Å². The number of aldehydes is 1. The van der Waals surface area contributed by atoms with Gasteiger partial charge in [-0.25, -0.2) is 0 Å². The summed E-state index contributed by atoms with van der Waals surface area (Å²) in [6, 6.07) is 7.68. The molecule has 1 aliphatic rings. The van der Waals surface area contributed by atoms with Crippen molar-refractivity contribution in [2.75, 3.05) is 24.6 Å². The molecule has 86 valence electrons. The number of anilines is 1. The van der Waals surface area contributed by atoms with Crippen LogP contribution in [0.2, 0.25) is 0 Å². The van der Waals surface area contributed by atoms with Crippen molar-refractivity contribution in [3.05, 3.63) is 29.8 Å². The van der Waals surface area contributed by atoms with Gasteiger partial charge in [0.2, 0.25) is 0 Å². The molecular formula is C13H17NO2. The van der Waals surface area contributed by atoms with Gasteiger partial charge < -0.3 is 10.0 Å². The summed E-state index contributed by atoms with van der Waals surface area (Å²) in [6.45, 7) is 2.34. The molecule has 1 fully saturated rings. The summed E-state index contributed by atoms with van der Waals surface area (Å²) >= 11 is 0. The van der Waals surface area contributed by atoms with Crippen LogP contribution in [-0.4, -0.2) is 31.1 Å². The van der Waals surface area contributed by atoms with Gasteiger partial charge in [0.1, 0.15) is 6.29 Å². The third-order valence-corrected chi connectivity index (χ3v) is 3.22. The maximum atomic E-state index is 10.5. The standard InChI is InChI=1S/C13H17NO2/c15-8-6-11-5-7-14(9-11)13-3-1-12(10-16)2-4-13/h1-4,10-11,15H,5-9H2. The molecule has 0 aromatic heterocycles. The summed E-state index contributed by atoms with van der Waals surface area (Å²) in [5.41, 5.74) is 1.89. The van der Waals surface area contributed by atoms with Gasteiger partial charge in [-0.05, 0) is 43.0 Å². The van der Waals surface area contributed by atoms with Crippen LogP contribution in [0, 0.1) is 5.92 Å². The highest BCUT2D eigenvalue weighted by atomic mass is 16.3. The normalized spacial score (nSPS) is 20.1. The lowest BCUT2D eigenvalue weighted by atomic mass is 10.1. The molecule has 0 bridgehead atoms. The van der Waals surface area contributed by atoms with Crippen molar-refractivity contribution in [2.45, 2.75) is 12.8 Å². The minimum Gasteiger partial charge on any atom is -0.396 e. The third-order valence-electron chi connectivity index (χ3n) is 3.22. The van der Waals surface area contributed by atoms with Crippen molar-refractivity contribution in [1.29, 1.82) is 0 Å². The second-order valence-corrected chi connectivity index (χ2v) is 4.32. The van der Waals surface area contributed by atoms with Crippen molar-refractivity contribution in [1.82, 2.24) is 0 Å². The van der Waals surface area contributed by atoms with E-state index in [1.165, 1.54) is 5.69 Å². The largest absolute Gasteiger partial charge is 0.396 e. The number of hydrogen-bond acceptors (Lipinski definition) is 3. The molecule has 3 nitrogen and oxygen atoms in total. The fraction of sp³-hybridized carbons (Fsp3) is 0.462. The summed E-state index contributed by atoms with van der Waals surface area (Å²) in [6.07, 6.45) is 2.90. The number of carbonyl (C=O) groups excluding carboxylic acids is 1. The van der Waals surface area contributed by atoms with Crippen LogP contribution in [-0.2, 0) is 0 Å². The monoisotopic (exact) mass is 219 g/mol. The topological polar surface area (TPSA) is 40.5 Å². The van der Waals surface area contributed by atoms with Crippen molar-refractivity contribution in [2.24, 2.45) is 5.92 Å². The number of hydrogen-bond donors (Lipinski definition) is 1. The minimum absolute atomic E-state index is 0.280. The molecule has 1 N–H and O–H groups in total. The molecule has 1 aliphatic heterocycles. The van der Waals surface area contributed by atoms with E-state index in [0.717, 1.165) is 37.8 Å². The number of aliphatic hydroxyl groups excluding tert-OH is 1. The lowest BCUT2D eigenvalue weighted by Gasteiger charge is -2.18. The van der Waals surface area contributed by atoms with Crippen LogP contribution in [0.15, 0.2) is 24.3 Å². The Labute approximate surface area is 95.7 Å². The lowest BCUT2D eigenvalue weighted by molar-refractivity contribution is 0.112. The predicted molar refractivity (Wildman–Crippen MR) is 63.9 cm³/mol. The molecule has 1 heterocycles. The quantitative estimate of drug-likeness (QED) is 0.784. The van der Waals surface area contributed by atoms with Crippen LogP contribution in [0.5, 0.6) is 0 Å². The molecule has 1 aromatic carbocycles. The van der Waals surface area contributed by atoms with Crippen LogP contribution < -0.4 is 4.90 Å². The molecule has 0 amide bonds. The second kappa shape index (κ2) is 5.12. The Balaban J connectivity index is 2.00. The number of benzene rings is 1. The number of carbonyl (C=O) groups is 1. The van der Waals surface area contributed by atoms with Crippen LogP contribution in [0.25, 0.3) is 0 Å². The molecule has 1 atom stereocenters. The molecule has 0 aliphatic carbocycles. The van der Waals surface area contributed by atoms with E-state index in [4.69, 9.17) is 5.11 Å². The van der Waals surface area contributed by atoms with E-state index in [1.807, 2.05) is 24.3 Å². The molecular weight excluding hydrogens is 202 g/mol. The zero-order valence-electron chi connectivity index (χ0n) is 9.30. The van der Waals surface area contributed by atoms with Crippen molar-refractivity contribution in [3.8, 4) is 0 Å². The summed E-state index contributed by atoms with van der Waals surface area (Å²) in [4.78, 5) is 12.8. The Morgan fingerprint density at radius 1 is 1.38 bits per heavy atom. The van der Waals surface area contributed by atoms with E-state index in [9.17, 15) is 4.79 Å². The van der Waals surface area contributed by atoms with E-state index < -0.39 is 0 Å². The molecule has 0 spiro atoms. The predicted octanol–water partition coefficient (Wildman–Crippen LogP) is 1.71. The highest BCUT2D eigenvalue weighted by molar-refractivity contribution is 5.75. The summed E-state index contributed by atoms with van der Waals surface area (Å²) in [7, 11) is 0. The van der Waals surface area contributed by atoms with Crippen LogP contribution in [0.3, 0.4) is 0 Å². The first-order valence-electron chi connectivity index (χ1n) is 5.74. The molecule has 2 rings (SSSR count). The maximum absolute atomic E-state index is 10.5. The summed E-state index contributed by atoms with van der Waals surface area (Å²) in [5, 5.41) is 8.89. The van der Waals surface area contributed by atoms with Crippen LogP contribution in [0.4, 0.5) is 5.69 Å².